The Bertz CT molecular complexity index is 1600. The normalized spacial score (nSPS) is 10.7. The van der Waals surface area contributed by atoms with Crippen molar-refractivity contribution in [3.8, 4) is 11.5 Å². The topological polar surface area (TPSA) is 162 Å². The fraction of sp³-hybridized carbons (Fsp3) is 0.0370. The second kappa shape index (κ2) is 12.4. The van der Waals surface area contributed by atoms with Gasteiger partial charge in [0.2, 0.25) is 0 Å². The highest BCUT2D eigenvalue weighted by atomic mass is 35.5. The highest BCUT2D eigenvalue weighted by Crippen LogP contribution is 2.27. The van der Waals surface area contributed by atoms with Crippen LogP contribution in [0, 0.1) is 10.1 Å². The SMILES string of the molecule is COc1ccc(Cl)cc1C(=O)Oc1ccc([N+](=O)[O-])cc1/C=N/NC(=O)c1ccc(NC(=O)c2ccco2)cc1. The maximum Gasteiger partial charge on any atom is 0.347 e. The molecule has 0 spiro atoms. The number of benzene rings is 3. The van der Waals surface area contributed by atoms with Crippen LogP contribution in [0.2, 0.25) is 5.02 Å². The average molecular weight is 563 g/mol. The highest BCUT2D eigenvalue weighted by Gasteiger charge is 2.19. The fourth-order valence-corrected chi connectivity index (χ4v) is 3.54. The van der Waals surface area contributed by atoms with Crippen LogP contribution in [0.4, 0.5) is 11.4 Å². The van der Waals surface area contributed by atoms with Crippen LogP contribution in [-0.4, -0.2) is 36.0 Å². The Morgan fingerprint density at radius 1 is 1.00 bits per heavy atom. The molecule has 0 saturated heterocycles. The van der Waals surface area contributed by atoms with Gasteiger partial charge in [-0.1, -0.05) is 11.6 Å². The third kappa shape index (κ3) is 6.68. The number of rotatable bonds is 9. The molecule has 13 heteroatoms. The largest absolute Gasteiger partial charge is 0.496 e. The zero-order valence-electron chi connectivity index (χ0n) is 20.6. The van der Waals surface area contributed by atoms with Gasteiger partial charge in [0.05, 0.1) is 24.5 Å². The molecule has 0 aliphatic heterocycles. The van der Waals surface area contributed by atoms with Gasteiger partial charge in [-0.05, 0) is 60.7 Å². The Balaban J connectivity index is 1.47. The van der Waals surface area contributed by atoms with E-state index in [1.807, 2.05) is 0 Å². The number of hydrogen-bond acceptors (Lipinski definition) is 9. The van der Waals surface area contributed by atoms with Crippen molar-refractivity contribution in [3.63, 3.8) is 0 Å². The van der Waals surface area contributed by atoms with E-state index >= 15 is 0 Å². The van der Waals surface area contributed by atoms with E-state index in [0.29, 0.717) is 5.69 Å². The summed E-state index contributed by atoms with van der Waals surface area (Å²) in [5.74, 6) is -1.60. The molecule has 2 amide bonds. The van der Waals surface area contributed by atoms with E-state index < -0.39 is 22.7 Å². The number of carbonyl (C=O) groups is 3. The molecule has 4 rings (SSSR count). The first-order chi connectivity index (χ1) is 19.2. The summed E-state index contributed by atoms with van der Waals surface area (Å²) in [7, 11) is 1.37. The van der Waals surface area contributed by atoms with E-state index in [-0.39, 0.29) is 44.7 Å². The van der Waals surface area contributed by atoms with Gasteiger partial charge in [-0.15, -0.1) is 0 Å². The molecule has 3 aromatic carbocycles. The molecular formula is C27H19ClN4O8. The third-order valence-electron chi connectivity index (χ3n) is 5.31. The number of hydrazone groups is 1. The summed E-state index contributed by atoms with van der Waals surface area (Å²) in [5, 5.41) is 18.0. The first kappa shape index (κ1) is 27.5. The molecule has 0 fully saturated rings. The predicted molar refractivity (Wildman–Crippen MR) is 144 cm³/mol. The van der Waals surface area contributed by atoms with E-state index in [2.05, 4.69) is 15.8 Å². The number of methoxy groups -OCH3 is 1. The van der Waals surface area contributed by atoms with Gasteiger partial charge in [-0.3, -0.25) is 19.7 Å². The van der Waals surface area contributed by atoms with E-state index in [1.54, 1.807) is 6.07 Å². The molecule has 1 aromatic heterocycles. The van der Waals surface area contributed by atoms with Crippen LogP contribution in [0.3, 0.4) is 0 Å². The first-order valence-electron chi connectivity index (χ1n) is 11.4. The van der Waals surface area contributed by atoms with Gasteiger partial charge >= 0.3 is 5.97 Å². The summed E-state index contributed by atoms with van der Waals surface area (Å²) in [6.07, 6.45) is 2.47. The minimum Gasteiger partial charge on any atom is -0.496 e. The summed E-state index contributed by atoms with van der Waals surface area (Å²) < 4.78 is 15.6. The Morgan fingerprint density at radius 2 is 1.75 bits per heavy atom. The number of nitrogens with zero attached hydrogens (tertiary/aromatic N) is 2. The van der Waals surface area contributed by atoms with E-state index in [4.69, 9.17) is 25.5 Å². The predicted octanol–water partition coefficient (Wildman–Crippen LogP) is 5.09. The van der Waals surface area contributed by atoms with E-state index in [0.717, 1.165) is 18.3 Å². The summed E-state index contributed by atoms with van der Waals surface area (Å²) in [4.78, 5) is 48.1. The number of nitro benzene ring substituents is 1. The Morgan fingerprint density at radius 3 is 2.42 bits per heavy atom. The van der Waals surface area contributed by atoms with Gasteiger partial charge in [0.1, 0.15) is 17.1 Å². The van der Waals surface area contributed by atoms with Crippen LogP contribution in [0.1, 0.15) is 36.8 Å². The lowest BCUT2D eigenvalue weighted by molar-refractivity contribution is -0.384. The molecule has 0 atom stereocenters. The number of halogens is 1. The van der Waals surface area contributed by atoms with Crippen molar-refractivity contribution in [2.75, 3.05) is 12.4 Å². The number of nitrogens with one attached hydrogen (secondary N) is 2. The van der Waals surface area contributed by atoms with E-state index in [9.17, 15) is 24.5 Å². The van der Waals surface area contributed by atoms with Gasteiger partial charge in [-0.2, -0.15) is 5.10 Å². The van der Waals surface area contributed by atoms with Crippen molar-refractivity contribution >= 4 is 47.0 Å². The summed E-state index contributed by atoms with van der Waals surface area (Å²) in [6, 6.07) is 16.9. The van der Waals surface area contributed by atoms with Gasteiger partial charge in [-0.25, -0.2) is 10.2 Å². The van der Waals surface area contributed by atoms with Crippen molar-refractivity contribution in [1.29, 1.82) is 0 Å². The molecule has 0 aliphatic carbocycles. The smallest absolute Gasteiger partial charge is 0.347 e. The van der Waals surface area contributed by atoms with Gasteiger partial charge < -0.3 is 19.2 Å². The molecular weight excluding hydrogens is 544 g/mol. The van der Waals surface area contributed by atoms with Crippen molar-refractivity contribution in [3.05, 3.63) is 117 Å². The monoisotopic (exact) mass is 562 g/mol. The number of hydrogen-bond donors (Lipinski definition) is 2. The second-order valence-electron chi connectivity index (χ2n) is 7.92. The molecule has 4 aromatic rings. The van der Waals surface area contributed by atoms with E-state index in [1.165, 1.54) is 68.0 Å². The highest BCUT2D eigenvalue weighted by molar-refractivity contribution is 6.31. The van der Waals surface area contributed by atoms with Crippen LogP contribution in [-0.2, 0) is 0 Å². The quantitative estimate of drug-likeness (QED) is 0.0937. The molecule has 1 heterocycles. The van der Waals surface area contributed by atoms with Gasteiger partial charge in [0.15, 0.2) is 5.76 Å². The maximum atomic E-state index is 12.8. The number of nitro groups is 1. The first-order valence-corrected chi connectivity index (χ1v) is 11.8. The minimum absolute atomic E-state index is 0.0355. The minimum atomic E-state index is -0.828. The third-order valence-corrected chi connectivity index (χ3v) is 5.54. The zero-order valence-corrected chi connectivity index (χ0v) is 21.4. The number of furan rings is 1. The van der Waals surface area contributed by atoms with Crippen LogP contribution < -0.4 is 20.2 Å². The molecule has 40 heavy (non-hydrogen) atoms. The molecule has 0 radical (unpaired) electrons. The van der Waals surface area contributed by atoms with Gasteiger partial charge in [0.25, 0.3) is 17.5 Å². The van der Waals surface area contributed by atoms with Crippen molar-refractivity contribution in [2.45, 2.75) is 0 Å². The number of esters is 1. The molecule has 202 valence electrons. The van der Waals surface area contributed by atoms with Crippen molar-refractivity contribution in [1.82, 2.24) is 5.43 Å². The molecule has 0 unspecified atom stereocenters. The van der Waals surface area contributed by atoms with Crippen LogP contribution in [0.15, 0.2) is 88.6 Å². The lowest BCUT2D eigenvalue weighted by atomic mass is 10.1. The molecule has 0 bridgehead atoms. The number of ether oxygens (including phenoxy) is 2. The Hall–Kier alpha value is -5.49. The Labute approximate surface area is 231 Å². The maximum absolute atomic E-state index is 12.8. The summed E-state index contributed by atoms with van der Waals surface area (Å²) >= 11 is 5.99. The standard InChI is InChI=1S/C27H19ClN4O8/c1-38-23-10-6-18(28)14-21(23)27(35)40-22-11-9-20(32(36)37)13-17(22)15-29-31-25(33)16-4-7-19(8-5-16)30-26(34)24-3-2-12-39-24/h2-15H,1H3,(H,30,34)(H,31,33)/b29-15+. The van der Waals surface area contributed by atoms with Crippen LogP contribution in [0.5, 0.6) is 11.5 Å². The summed E-state index contributed by atoms with van der Waals surface area (Å²) in [5.41, 5.74) is 2.73. The van der Waals surface area contributed by atoms with Crippen LogP contribution in [0.25, 0.3) is 0 Å². The Kier molecular flexibility index (Phi) is 8.52. The molecule has 2 N–H and O–H groups in total. The summed E-state index contributed by atoms with van der Waals surface area (Å²) in [6.45, 7) is 0. The lowest BCUT2D eigenvalue weighted by Gasteiger charge is -2.10. The molecule has 0 aliphatic rings. The number of amides is 2. The lowest BCUT2D eigenvalue weighted by Crippen LogP contribution is -2.18. The number of carbonyl (C=O) groups excluding carboxylic acids is 3. The molecule has 0 saturated carbocycles. The average Bonchev–Trinajstić information content (AvgIpc) is 3.49. The van der Waals surface area contributed by atoms with Crippen LogP contribution >= 0.6 is 11.6 Å². The number of anilines is 1. The molecule has 12 nitrogen and oxygen atoms in total. The van der Waals surface area contributed by atoms with Crippen molar-refractivity contribution < 1.29 is 33.2 Å². The number of non-ortho nitro benzene ring substituents is 1. The van der Waals surface area contributed by atoms with Crippen molar-refractivity contribution in [2.24, 2.45) is 5.10 Å². The fourth-order valence-electron chi connectivity index (χ4n) is 3.37. The second-order valence-corrected chi connectivity index (χ2v) is 8.36. The van der Waals surface area contributed by atoms with Gasteiger partial charge in [0, 0.05) is 34.0 Å². The zero-order chi connectivity index (χ0) is 28.6.